The van der Waals surface area contributed by atoms with Gasteiger partial charge in [-0.25, -0.2) is 0 Å². The third-order valence-electron chi connectivity index (χ3n) is 3.78. The van der Waals surface area contributed by atoms with E-state index in [1.165, 1.54) is 6.33 Å². The molecular weight excluding hydrogens is 236 g/mol. The second kappa shape index (κ2) is 4.03. The molecule has 2 aliphatic rings. The van der Waals surface area contributed by atoms with Crippen molar-refractivity contribution in [1.29, 1.82) is 0 Å². The molecule has 2 saturated heterocycles. The minimum atomic E-state index is -0.742. The number of hydrogen-bond acceptors (Lipinski definition) is 6. The van der Waals surface area contributed by atoms with Crippen molar-refractivity contribution < 1.29 is 14.4 Å². The first kappa shape index (κ1) is 11.6. The summed E-state index contributed by atoms with van der Waals surface area (Å²) in [6.45, 7) is 3.08. The van der Waals surface area contributed by atoms with Gasteiger partial charge < -0.3 is 19.8 Å². The summed E-state index contributed by atoms with van der Waals surface area (Å²) >= 11 is 0. The van der Waals surface area contributed by atoms with Gasteiger partial charge in [-0.15, -0.1) is 0 Å². The Bertz CT molecular complexity index is 439. The molecule has 1 amide bonds. The number of rotatable bonds is 3. The van der Waals surface area contributed by atoms with Crippen LogP contribution in [0, 0.1) is 0 Å². The molecule has 7 heteroatoms. The normalized spacial score (nSPS) is 30.6. The van der Waals surface area contributed by atoms with E-state index in [9.17, 15) is 9.90 Å². The second-order valence-electron chi connectivity index (χ2n) is 5.01. The van der Waals surface area contributed by atoms with Gasteiger partial charge in [-0.3, -0.25) is 4.79 Å². The van der Waals surface area contributed by atoms with Gasteiger partial charge in [-0.05, 0) is 26.3 Å². The minimum absolute atomic E-state index is 0.0177. The van der Waals surface area contributed by atoms with Crippen LogP contribution in [0.3, 0.4) is 0 Å². The van der Waals surface area contributed by atoms with Crippen LogP contribution in [0.15, 0.2) is 10.9 Å². The summed E-state index contributed by atoms with van der Waals surface area (Å²) in [4.78, 5) is 17.8. The Morgan fingerprint density at radius 1 is 1.67 bits per heavy atom. The number of hydrogen-bond donors (Lipinski definition) is 2. The van der Waals surface area contributed by atoms with Gasteiger partial charge in [0.05, 0.1) is 6.10 Å². The monoisotopic (exact) mass is 252 g/mol. The lowest BCUT2D eigenvalue weighted by molar-refractivity contribution is -0.161. The van der Waals surface area contributed by atoms with Crippen LogP contribution >= 0.6 is 0 Å². The maximum atomic E-state index is 12.3. The molecule has 1 aromatic heterocycles. The van der Waals surface area contributed by atoms with Crippen LogP contribution in [0.25, 0.3) is 0 Å². The molecule has 1 unspecified atom stereocenters. The van der Waals surface area contributed by atoms with E-state index < -0.39 is 17.7 Å². The number of nitrogens with one attached hydrogen (secondary N) is 1. The van der Waals surface area contributed by atoms with Gasteiger partial charge in [-0.2, -0.15) is 4.98 Å². The van der Waals surface area contributed by atoms with E-state index in [1.54, 1.807) is 11.8 Å². The van der Waals surface area contributed by atoms with Crippen LogP contribution < -0.4 is 5.32 Å². The highest BCUT2D eigenvalue weighted by atomic mass is 16.5. The van der Waals surface area contributed by atoms with Gasteiger partial charge in [-0.1, -0.05) is 5.16 Å². The van der Waals surface area contributed by atoms with Crippen molar-refractivity contribution in [1.82, 2.24) is 20.4 Å². The molecule has 2 fully saturated rings. The Balaban J connectivity index is 1.80. The van der Waals surface area contributed by atoms with Crippen molar-refractivity contribution in [2.24, 2.45) is 0 Å². The number of likely N-dealkylation sites (tertiary alicyclic amines) is 1. The van der Waals surface area contributed by atoms with Crippen molar-refractivity contribution in [2.75, 3.05) is 13.1 Å². The summed E-state index contributed by atoms with van der Waals surface area (Å²) in [6, 6.07) is -0.548. The van der Waals surface area contributed by atoms with E-state index in [4.69, 9.17) is 4.52 Å². The zero-order valence-corrected chi connectivity index (χ0v) is 10.2. The topological polar surface area (TPSA) is 91.5 Å². The fraction of sp³-hybridized carbons (Fsp3) is 0.727. The fourth-order valence-corrected chi connectivity index (χ4v) is 2.87. The standard InChI is InChI=1S/C11H16N4O3/c1-7(16)8(9-12-6-14-18-9)15-5-11(10(15)17)3-2-4-13-11/h6-8,13,16H,2-5H2,1H3/t7-,8+,11?/m1/s1. The molecule has 0 saturated carbocycles. The SMILES string of the molecule is C[C@@H](O)[C@@H](c1ncno1)N1CC2(CCCN2)C1=O. The molecular formula is C11H16N4O3. The zero-order chi connectivity index (χ0) is 12.8. The lowest BCUT2D eigenvalue weighted by atomic mass is 9.84. The number of aliphatic hydroxyl groups excluding tert-OH is 1. The molecule has 0 bridgehead atoms. The maximum Gasteiger partial charge on any atom is 0.251 e. The van der Waals surface area contributed by atoms with Crippen LogP contribution in [-0.4, -0.2) is 50.8 Å². The van der Waals surface area contributed by atoms with E-state index in [2.05, 4.69) is 15.5 Å². The molecule has 2 N–H and O–H groups in total. The highest BCUT2D eigenvalue weighted by Gasteiger charge is 2.56. The fourth-order valence-electron chi connectivity index (χ4n) is 2.87. The summed E-state index contributed by atoms with van der Waals surface area (Å²) in [5.41, 5.74) is -0.410. The highest BCUT2D eigenvalue weighted by Crippen LogP contribution is 2.38. The zero-order valence-electron chi connectivity index (χ0n) is 10.2. The van der Waals surface area contributed by atoms with Crippen molar-refractivity contribution in [2.45, 2.75) is 37.5 Å². The van der Waals surface area contributed by atoms with Crippen molar-refractivity contribution >= 4 is 5.91 Å². The quantitative estimate of drug-likeness (QED) is 0.702. The number of aliphatic hydroxyl groups is 1. The largest absolute Gasteiger partial charge is 0.391 e. The van der Waals surface area contributed by atoms with Gasteiger partial charge >= 0.3 is 0 Å². The molecule has 3 atom stereocenters. The van der Waals surface area contributed by atoms with Crippen molar-refractivity contribution in [3.8, 4) is 0 Å². The van der Waals surface area contributed by atoms with Crippen LogP contribution in [0.4, 0.5) is 0 Å². The minimum Gasteiger partial charge on any atom is -0.391 e. The molecule has 1 aromatic rings. The van der Waals surface area contributed by atoms with E-state index >= 15 is 0 Å². The number of carbonyl (C=O) groups is 1. The Hall–Kier alpha value is -1.47. The van der Waals surface area contributed by atoms with Crippen LogP contribution in [0.5, 0.6) is 0 Å². The lowest BCUT2D eigenvalue weighted by Gasteiger charge is -2.50. The molecule has 98 valence electrons. The Kier molecular flexibility index (Phi) is 2.60. The molecule has 18 heavy (non-hydrogen) atoms. The van der Waals surface area contributed by atoms with E-state index in [1.807, 2.05) is 0 Å². The smallest absolute Gasteiger partial charge is 0.251 e. The maximum absolute atomic E-state index is 12.3. The van der Waals surface area contributed by atoms with E-state index in [0.29, 0.717) is 6.54 Å². The Morgan fingerprint density at radius 2 is 2.50 bits per heavy atom. The molecule has 0 aliphatic carbocycles. The molecule has 2 aliphatic heterocycles. The van der Waals surface area contributed by atoms with Gasteiger partial charge in [0.1, 0.15) is 11.6 Å². The van der Waals surface area contributed by atoms with Crippen LogP contribution in [-0.2, 0) is 4.79 Å². The van der Waals surface area contributed by atoms with Gasteiger partial charge in [0, 0.05) is 6.54 Å². The van der Waals surface area contributed by atoms with Gasteiger partial charge in [0.15, 0.2) is 6.33 Å². The number of β-lactam (4-membered cyclic amide) rings is 1. The van der Waals surface area contributed by atoms with Gasteiger partial charge in [0.25, 0.3) is 5.89 Å². The second-order valence-corrected chi connectivity index (χ2v) is 5.01. The lowest BCUT2D eigenvalue weighted by Crippen LogP contribution is -2.72. The number of amides is 1. The highest BCUT2D eigenvalue weighted by molar-refractivity contribution is 5.93. The third-order valence-corrected chi connectivity index (χ3v) is 3.78. The molecule has 0 aromatic carbocycles. The van der Waals surface area contributed by atoms with E-state index in [0.717, 1.165) is 19.4 Å². The number of aromatic nitrogens is 2. The average Bonchev–Trinajstić information content (AvgIpc) is 2.99. The Labute approximate surface area is 104 Å². The average molecular weight is 252 g/mol. The molecule has 3 heterocycles. The molecule has 3 rings (SSSR count). The molecule has 7 nitrogen and oxygen atoms in total. The van der Waals surface area contributed by atoms with E-state index in [-0.39, 0.29) is 11.8 Å². The van der Waals surface area contributed by atoms with Gasteiger partial charge in [0.2, 0.25) is 5.91 Å². The molecule has 0 radical (unpaired) electrons. The number of nitrogens with zero attached hydrogens (tertiary/aromatic N) is 3. The molecule has 1 spiro atoms. The predicted octanol–water partition coefficient (Wildman–Crippen LogP) is -0.544. The van der Waals surface area contributed by atoms with Crippen molar-refractivity contribution in [3.63, 3.8) is 0 Å². The summed E-state index contributed by atoms with van der Waals surface area (Å²) in [5, 5.41) is 16.6. The summed E-state index contributed by atoms with van der Waals surface area (Å²) < 4.78 is 4.98. The summed E-state index contributed by atoms with van der Waals surface area (Å²) in [7, 11) is 0. The van der Waals surface area contributed by atoms with Crippen LogP contribution in [0.1, 0.15) is 31.7 Å². The first-order chi connectivity index (χ1) is 8.64. The summed E-state index contributed by atoms with van der Waals surface area (Å²) in [5.74, 6) is 0.301. The summed E-state index contributed by atoms with van der Waals surface area (Å²) in [6.07, 6.45) is 2.41. The first-order valence-electron chi connectivity index (χ1n) is 6.15. The van der Waals surface area contributed by atoms with Crippen molar-refractivity contribution in [3.05, 3.63) is 12.2 Å². The number of carbonyl (C=O) groups excluding carboxylic acids is 1. The van der Waals surface area contributed by atoms with Crippen LogP contribution in [0.2, 0.25) is 0 Å². The Morgan fingerprint density at radius 3 is 3.00 bits per heavy atom. The predicted molar refractivity (Wildman–Crippen MR) is 60.4 cm³/mol. The third kappa shape index (κ3) is 1.54. The first-order valence-corrected chi connectivity index (χ1v) is 6.15.